The van der Waals surface area contributed by atoms with Crippen molar-refractivity contribution in [3.8, 4) is 0 Å². The summed E-state index contributed by atoms with van der Waals surface area (Å²) in [5, 5.41) is 15.5. The van der Waals surface area contributed by atoms with E-state index in [0.29, 0.717) is 35.4 Å². The third-order valence-corrected chi connectivity index (χ3v) is 4.85. The van der Waals surface area contributed by atoms with Gasteiger partial charge in [-0.15, -0.1) is 0 Å². The van der Waals surface area contributed by atoms with E-state index in [9.17, 15) is 5.11 Å². The normalized spacial score (nSPS) is 19.2. The molecule has 0 radical (unpaired) electrons. The maximum Gasteiger partial charge on any atom is 0.155 e. The molecule has 1 atom stereocenters. The maximum absolute atomic E-state index is 9.77. The number of nitrogens with zero attached hydrogens (tertiary/aromatic N) is 4. The van der Waals surface area contributed by atoms with Gasteiger partial charge in [-0.2, -0.15) is 5.10 Å². The highest BCUT2D eigenvalue weighted by molar-refractivity contribution is 6.36. The van der Waals surface area contributed by atoms with Gasteiger partial charge in [0.15, 0.2) is 5.82 Å². The van der Waals surface area contributed by atoms with Gasteiger partial charge < -0.3 is 5.11 Å². The molecule has 1 aliphatic heterocycles. The highest BCUT2D eigenvalue weighted by atomic mass is 35.5. The number of benzene rings is 1. The first kappa shape index (κ1) is 16.7. The van der Waals surface area contributed by atoms with Crippen LogP contribution < -0.4 is 0 Å². The molecule has 5 nitrogen and oxygen atoms in total. The summed E-state index contributed by atoms with van der Waals surface area (Å²) in [6, 6.07) is 5.47. The van der Waals surface area contributed by atoms with Crippen molar-refractivity contribution < 1.29 is 5.11 Å². The topological polar surface area (TPSA) is 54.2 Å². The molecule has 3 rings (SSSR count). The van der Waals surface area contributed by atoms with Crippen molar-refractivity contribution in [1.29, 1.82) is 0 Å². The molecule has 1 saturated heterocycles. The van der Waals surface area contributed by atoms with E-state index in [1.165, 1.54) is 0 Å². The smallest absolute Gasteiger partial charge is 0.155 e. The molecule has 124 valence electrons. The van der Waals surface area contributed by atoms with Crippen LogP contribution in [0.5, 0.6) is 0 Å². The van der Waals surface area contributed by atoms with E-state index in [4.69, 9.17) is 23.2 Å². The van der Waals surface area contributed by atoms with Gasteiger partial charge in [-0.1, -0.05) is 29.3 Å². The van der Waals surface area contributed by atoms with Crippen LogP contribution in [0.15, 0.2) is 18.2 Å². The standard InChI is InChI=1S/C16H20Cl2N4O/c1-21-16(10-22-7-3-4-11(23)9-22)19-15(20-21)8-12-13(17)5-2-6-14(12)18/h2,5-6,11,23H,3-4,7-10H2,1H3/t11-/m1/s1. The molecular formula is C16H20Cl2N4O. The van der Waals surface area contributed by atoms with Crippen LogP contribution in [0, 0.1) is 0 Å². The SMILES string of the molecule is Cn1nc(Cc2c(Cl)cccc2Cl)nc1CN1CCC[C@@H](O)C1. The zero-order chi connectivity index (χ0) is 16.4. The van der Waals surface area contributed by atoms with Crippen LogP contribution in [-0.2, 0) is 20.0 Å². The highest BCUT2D eigenvalue weighted by Gasteiger charge is 2.20. The van der Waals surface area contributed by atoms with Gasteiger partial charge in [0, 0.05) is 30.1 Å². The summed E-state index contributed by atoms with van der Waals surface area (Å²) in [6.45, 7) is 2.37. The zero-order valence-electron chi connectivity index (χ0n) is 13.0. The van der Waals surface area contributed by atoms with Crippen LogP contribution in [0.3, 0.4) is 0 Å². The molecule has 0 aliphatic carbocycles. The second-order valence-corrected chi connectivity index (χ2v) is 6.79. The summed E-state index contributed by atoms with van der Waals surface area (Å²) < 4.78 is 1.79. The summed E-state index contributed by atoms with van der Waals surface area (Å²) in [6.07, 6.45) is 2.17. The van der Waals surface area contributed by atoms with Gasteiger partial charge in [0.05, 0.1) is 12.6 Å². The van der Waals surface area contributed by atoms with Gasteiger partial charge in [-0.3, -0.25) is 9.58 Å². The van der Waals surface area contributed by atoms with E-state index >= 15 is 0 Å². The van der Waals surface area contributed by atoms with Crippen molar-refractivity contribution in [1.82, 2.24) is 19.7 Å². The largest absolute Gasteiger partial charge is 0.392 e. The molecule has 1 aliphatic rings. The Hall–Kier alpha value is -1.14. The minimum atomic E-state index is -0.238. The lowest BCUT2D eigenvalue weighted by Gasteiger charge is -2.29. The van der Waals surface area contributed by atoms with Gasteiger partial charge in [0.25, 0.3) is 0 Å². The number of β-amino-alcohol motifs (C(OH)–C–C–N with tert-alkyl or cyclic N) is 1. The Morgan fingerprint density at radius 1 is 1.30 bits per heavy atom. The molecule has 0 unspecified atom stereocenters. The summed E-state index contributed by atoms with van der Waals surface area (Å²) >= 11 is 12.4. The molecule has 0 saturated carbocycles. The number of rotatable bonds is 4. The lowest BCUT2D eigenvalue weighted by atomic mass is 10.1. The second kappa shape index (κ2) is 7.18. The van der Waals surface area contributed by atoms with Crippen LogP contribution in [0.1, 0.15) is 30.1 Å². The summed E-state index contributed by atoms with van der Waals surface area (Å²) in [4.78, 5) is 6.83. The van der Waals surface area contributed by atoms with Gasteiger partial charge in [-0.05, 0) is 37.1 Å². The minimum absolute atomic E-state index is 0.238. The molecule has 0 bridgehead atoms. The van der Waals surface area contributed by atoms with E-state index in [1.54, 1.807) is 4.68 Å². The number of hydrogen-bond donors (Lipinski definition) is 1. The predicted molar refractivity (Wildman–Crippen MR) is 90.8 cm³/mol. The number of aryl methyl sites for hydroxylation is 1. The Morgan fingerprint density at radius 2 is 2.04 bits per heavy atom. The van der Waals surface area contributed by atoms with Crippen LogP contribution >= 0.6 is 23.2 Å². The zero-order valence-corrected chi connectivity index (χ0v) is 14.6. The number of aliphatic hydroxyl groups is 1. The molecule has 1 aromatic carbocycles. The molecule has 2 aromatic rings. The maximum atomic E-state index is 9.77. The third-order valence-electron chi connectivity index (χ3n) is 4.14. The Kier molecular flexibility index (Phi) is 5.21. The van der Waals surface area contributed by atoms with Crippen molar-refractivity contribution >= 4 is 23.2 Å². The fraction of sp³-hybridized carbons (Fsp3) is 0.500. The average molecular weight is 355 g/mol. The van der Waals surface area contributed by atoms with Gasteiger partial charge in [0.1, 0.15) is 5.82 Å². The molecule has 0 amide bonds. The van der Waals surface area contributed by atoms with Crippen molar-refractivity contribution in [2.75, 3.05) is 13.1 Å². The number of hydrogen-bond acceptors (Lipinski definition) is 4. The molecule has 1 N–H and O–H groups in total. The van der Waals surface area contributed by atoms with Gasteiger partial charge >= 0.3 is 0 Å². The first-order valence-electron chi connectivity index (χ1n) is 7.75. The molecule has 23 heavy (non-hydrogen) atoms. The molecule has 2 heterocycles. The Bertz CT molecular complexity index is 668. The van der Waals surface area contributed by atoms with Crippen molar-refractivity contribution in [2.24, 2.45) is 7.05 Å². The van der Waals surface area contributed by atoms with Gasteiger partial charge in [0.2, 0.25) is 0 Å². The first-order chi connectivity index (χ1) is 11.0. The average Bonchev–Trinajstić information content (AvgIpc) is 2.83. The quantitative estimate of drug-likeness (QED) is 0.916. The van der Waals surface area contributed by atoms with E-state index in [1.807, 2.05) is 25.2 Å². The van der Waals surface area contributed by atoms with Crippen molar-refractivity contribution in [2.45, 2.75) is 31.9 Å². The highest BCUT2D eigenvalue weighted by Crippen LogP contribution is 2.26. The predicted octanol–water partition coefficient (Wildman–Crippen LogP) is 2.67. The van der Waals surface area contributed by atoms with Crippen molar-refractivity contribution in [3.63, 3.8) is 0 Å². The lowest BCUT2D eigenvalue weighted by molar-refractivity contribution is 0.0649. The fourth-order valence-electron chi connectivity index (χ4n) is 2.92. The molecule has 1 fully saturated rings. The van der Waals surface area contributed by atoms with E-state index in [2.05, 4.69) is 15.0 Å². The summed E-state index contributed by atoms with van der Waals surface area (Å²) in [5.74, 6) is 1.59. The van der Waals surface area contributed by atoms with Crippen LogP contribution in [0.4, 0.5) is 0 Å². The summed E-state index contributed by atoms with van der Waals surface area (Å²) in [5.41, 5.74) is 0.848. The molecule has 0 spiro atoms. The Labute approximate surface area is 145 Å². The monoisotopic (exact) mass is 354 g/mol. The third kappa shape index (κ3) is 4.04. The molecular weight excluding hydrogens is 335 g/mol. The Balaban J connectivity index is 1.73. The first-order valence-corrected chi connectivity index (χ1v) is 8.50. The molecule has 1 aromatic heterocycles. The van der Waals surface area contributed by atoms with Crippen LogP contribution in [0.2, 0.25) is 10.0 Å². The Morgan fingerprint density at radius 3 is 2.74 bits per heavy atom. The van der Waals surface area contributed by atoms with E-state index in [-0.39, 0.29) is 6.10 Å². The minimum Gasteiger partial charge on any atom is -0.392 e. The number of likely N-dealkylation sites (tertiary alicyclic amines) is 1. The number of halogens is 2. The molecule has 7 heteroatoms. The second-order valence-electron chi connectivity index (χ2n) is 5.98. The van der Waals surface area contributed by atoms with Crippen LogP contribution in [0.25, 0.3) is 0 Å². The lowest BCUT2D eigenvalue weighted by Crippen LogP contribution is -2.38. The summed E-state index contributed by atoms with van der Waals surface area (Å²) in [7, 11) is 1.89. The van der Waals surface area contributed by atoms with Crippen LogP contribution in [-0.4, -0.2) is 44.0 Å². The van der Waals surface area contributed by atoms with E-state index in [0.717, 1.165) is 30.8 Å². The van der Waals surface area contributed by atoms with Crippen molar-refractivity contribution in [3.05, 3.63) is 45.5 Å². The van der Waals surface area contributed by atoms with Gasteiger partial charge in [-0.25, -0.2) is 4.98 Å². The number of aliphatic hydroxyl groups excluding tert-OH is 1. The number of piperidine rings is 1. The van der Waals surface area contributed by atoms with E-state index < -0.39 is 0 Å². The number of aromatic nitrogens is 3. The fourth-order valence-corrected chi connectivity index (χ4v) is 3.45.